The first kappa shape index (κ1) is 15.1. The fourth-order valence-corrected chi connectivity index (χ4v) is 2.04. The van der Waals surface area contributed by atoms with E-state index in [9.17, 15) is 4.79 Å². The summed E-state index contributed by atoms with van der Waals surface area (Å²) in [5, 5.41) is 3.05. The maximum atomic E-state index is 12.0. The molecule has 0 aliphatic rings. The topological polar surface area (TPSA) is 77.2 Å². The minimum Gasteiger partial charge on any atom is -0.497 e. The van der Waals surface area contributed by atoms with Crippen LogP contribution in [0.2, 0.25) is 5.02 Å². The molecule has 3 N–H and O–H groups in total. The van der Waals surface area contributed by atoms with Gasteiger partial charge in [-0.2, -0.15) is 0 Å². The second-order valence-electron chi connectivity index (χ2n) is 4.42. The number of methoxy groups -OCH3 is 1. The molecule has 2 aromatic rings. The smallest absolute Gasteiger partial charge is 0.271 e. The summed E-state index contributed by atoms with van der Waals surface area (Å²) in [5.74, 6) is 0.715. The summed E-state index contributed by atoms with van der Waals surface area (Å²) in [6.45, 7) is 0.471. The second kappa shape index (κ2) is 6.95. The molecule has 0 unspecified atom stereocenters. The molecule has 5 nitrogen and oxygen atoms in total. The molecule has 1 heterocycles. The first-order chi connectivity index (χ1) is 10.1. The van der Waals surface area contributed by atoms with Crippen molar-refractivity contribution in [2.75, 3.05) is 19.4 Å². The molecule has 6 heteroatoms. The number of nitrogens with two attached hydrogens (primary N) is 1. The van der Waals surface area contributed by atoms with Gasteiger partial charge in [0.2, 0.25) is 0 Å². The highest BCUT2D eigenvalue weighted by atomic mass is 35.5. The summed E-state index contributed by atoms with van der Waals surface area (Å²) < 4.78 is 5.15. The number of pyridine rings is 1. The van der Waals surface area contributed by atoms with Gasteiger partial charge in [0.05, 0.1) is 12.1 Å². The molecule has 0 bridgehead atoms. The number of amides is 1. The van der Waals surface area contributed by atoms with Crippen molar-refractivity contribution in [2.45, 2.75) is 6.42 Å². The van der Waals surface area contributed by atoms with Crippen LogP contribution in [0.1, 0.15) is 16.1 Å². The van der Waals surface area contributed by atoms with E-state index in [1.807, 2.05) is 24.3 Å². The van der Waals surface area contributed by atoms with E-state index >= 15 is 0 Å². The van der Waals surface area contributed by atoms with Crippen LogP contribution >= 0.6 is 11.6 Å². The summed E-state index contributed by atoms with van der Waals surface area (Å²) in [6.07, 6.45) is 0.683. The fourth-order valence-electron chi connectivity index (χ4n) is 1.85. The number of hydrogen-bond donors (Lipinski definition) is 2. The van der Waals surface area contributed by atoms with Crippen molar-refractivity contribution >= 4 is 23.3 Å². The lowest BCUT2D eigenvalue weighted by atomic mass is 10.1. The number of benzene rings is 1. The van der Waals surface area contributed by atoms with Crippen molar-refractivity contribution in [1.29, 1.82) is 0 Å². The third-order valence-electron chi connectivity index (χ3n) is 2.92. The number of hydrogen-bond acceptors (Lipinski definition) is 4. The number of ether oxygens (including phenoxy) is 1. The molecule has 1 aromatic carbocycles. The number of rotatable bonds is 5. The monoisotopic (exact) mass is 305 g/mol. The minimum atomic E-state index is -0.338. The van der Waals surface area contributed by atoms with Crippen LogP contribution < -0.4 is 15.8 Å². The Kier molecular flexibility index (Phi) is 5.00. The number of anilines is 1. The van der Waals surface area contributed by atoms with Crippen LogP contribution in [0.3, 0.4) is 0 Å². The lowest BCUT2D eigenvalue weighted by molar-refractivity contribution is 0.0949. The van der Waals surface area contributed by atoms with Crippen LogP contribution in [0.5, 0.6) is 5.75 Å². The van der Waals surface area contributed by atoms with Gasteiger partial charge in [-0.05, 0) is 36.2 Å². The summed E-state index contributed by atoms with van der Waals surface area (Å²) in [6, 6.07) is 10.8. The molecule has 0 atom stereocenters. The highest BCUT2D eigenvalue weighted by molar-refractivity contribution is 6.33. The predicted octanol–water partition coefficient (Wildman–Crippen LogP) is 2.30. The summed E-state index contributed by atoms with van der Waals surface area (Å²) in [5.41, 5.74) is 6.76. The molecule has 0 fully saturated rings. The van der Waals surface area contributed by atoms with E-state index in [-0.39, 0.29) is 22.4 Å². The SMILES string of the molecule is COc1cccc(CCNC(=O)c2nc(N)ccc2Cl)c1. The van der Waals surface area contributed by atoms with Crippen LogP contribution in [0, 0.1) is 0 Å². The standard InChI is InChI=1S/C15H16ClN3O2/c1-21-11-4-2-3-10(9-11)7-8-18-15(20)14-12(16)5-6-13(17)19-14/h2-6,9H,7-8H2,1H3,(H2,17,19)(H,18,20). The summed E-state index contributed by atoms with van der Waals surface area (Å²) in [4.78, 5) is 15.9. The lowest BCUT2D eigenvalue weighted by Gasteiger charge is -2.07. The average Bonchev–Trinajstić information content (AvgIpc) is 2.49. The number of carbonyl (C=O) groups excluding carboxylic acids is 1. The number of nitrogens with one attached hydrogen (secondary N) is 1. The van der Waals surface area contributed by atoms with E-state index in [1.54, 1.807) is 19.2 Å². The molecular formula is C15H16ClN3O2. The largest absolute Gasteiger partial charge is 0.497 e. The molecule has 2 rings (SSSR count). The zero-order chi connectivity index (χ0) is 15.2. The number of carbonyl (C=O) groups is 1. The molecule has 0 saturated heterocycles. The van der Waals surface area contributed by atoms with E-state index in [0.717, 1.165) is 11.3 Å². The minimum absolute atomic E-state index is 0.141. The maximum absolute atomic E-state index is 12.0. The zero-order valence-corrected chi connectivity index (χ0v) is 12.4. The molecule has 21 heavy (non-hydrogen) atoms. The Morgan fingerprint density at radius 1 is 1.38 bits per heavy atom. The maximum Gasteiger partial charge on any atom is 0.271 e. The number of aromatic nitrogens is 1. The third kappa shape index (κ3) is 4.10. The average molecular weight is 306 g/mol. The molecular weight excluding hydrogens is 290 g/mol. The Morgan fingerprint density at radius 2 is 2.19 bits per heavy atom. The van der Waals surface area contributed by atoms with Crippen LogP contribution in [0.4, 0.5) is 5.82 Å². The molecule has 0 radical (unpaired) electrons. The van der Waals surface area contributed by atoms with Crippen LogP contribution in [-0.2, 0) is 6.42 Å². The summed E-state index contributed by atoms with van der Waals surface area (Å²) in [7, 11) is 1.62. The molecule has 0 spiro atoms. The van der Waals surface area contributed by atoms with Crippen molar-refractivity contribution in [3.05, 3.63) is 52.7 Å². The van der Waals surface area contributed by atoms with Gasteiger partial charge in [0.1, 0.15) is 17.3 Å². The molecule has 1 aromatic heterocycles. The Balaban J connectivity index is 1.93. The van der Waals surface area contributed by atoms with E-state index in [4.69, 9.17) is 22.1 Å². The van der Waals surface area contributed by atoms with Crippen molar-refractivity contribution < 1.29 is 9.53 Å². The third-order valence-corrected chi connectivity index (χ3v) is 3.22. The molecule has 0 aliphatic carbocycles. The van der Waals surface area contributed by atoms with Gasteiger partial charge in [0, 0.05) is 6.54 Å². The number of nitrogen functional groups attached to an aromatic ring is 1. The van der Waals surface area contributed by atoms with E-state index in [1.165, 1.54) is 0 Å². The second-order valence-corrected chi connectivity index (χ2v) is 4.83. The quantitative estimate of drug-likeness (QED) is 0.888. The highest BCUT2D eigenvalue weighted by Crippen LogP contribution is 2.15. The zero-order valence-electron chi connectivity index (χ0n) is 11.6. The van der Waals surface area contributed by atoms with Gasteiger partial charge in [-0.1, -0.05) is 23.7 Å². The van der Waals surface area contributed by atoms with Gasteiger partial charge in [0.15, 0.2) is 0 Å². The highest BCUT2D eigenvalue weighted by Gasteiger charge is 2.12. The Labute approximate surface area is 128 Å². The van der Waals surface area contributed by atoms with Crippen molar-refractivity contribution in [3.8, 4) is 5.75 Å². The summed E-state index contributed by atoms with van der Waals surface area (Å²) >= 11 is 5.93. The van der Waals surface area contributed by atoms with Gasteiger partial charge in [-0.15, -0.1) is 0 Å². The van der Waals surface area contributed by atoms with E-state index < -0.39 is 0 Å². The van der Waals surface area contributed by atoms with E-state index in [2.05, 4.69) is 10.3 Å². The molecule has 110 valence electrons. The van der Waals surface area contributed by atoms with Gasteiger partial charge in [0.25, 0.3) is 5.91 Å². The Bertz CT molecular complexity index is 647. The first-order valence-electron chi connectivity index (χ1n) is 6.43. The predicted molar refractivity (Wildman–Crippen MR) is 82.7 cm³/mol. The van der Waals surface area contributed by atoms with Crippen molar-refractivity contribution in [1.82, 2.24) is 10.3 Å². The van der Waals surface area contributed by atoms with Crippen molar-refractivity contribution in [2.24, 2.45) is 0 Å². The van der Waals surface area contributed by atoms with Crippen molar-refractivity contribution in [3.63, 3.8) is 0 Å². The van der Waals surface area contributed by atoms with Crippen LogP contribution in [-0.4, -0.2) is 24.5 Å². The fraction of sp³-hybridized carbons (Fsp3) is 0.200. The van der Waals surface area contributed by atoms with Gasteiger partial charge < -0.3 is 15.8 Å². The molecule has 1 amide bonds. The number of nitrogens with zero attached hydrogens (tertiary/aromatic N) is 1. The Hall–Kier alpha value is -2.27. The number of halogens is 1. The van der Waals surface area contributed by atoms with Crippen LogP contribution in [0.15, 0.2) is 36.4 Å². The van der Waals surface area contributed by atoms with Gasteiger partial charge in [-0.3, -0.25) is 4.79 Å². The van der Waals surface area contributed by atoms with Gasteiger partial charge >= 0.3 is 0 Å². The molecule has 0 aliphatic heterocycles. The Morgan fingerprint density at radius 3 is 2.95 bits per heavy atom. The lowest BCUT2D eigenvalue weighted by Crippen LogP contribution is -2.27. The normalized spacial score (nSPS) is 10.2. The first-order valence-corrected chi connectivity index (χ1v) is 6.81. The molecule has 0 saturated carbocycles. The van der Waals surface area contributed by atoms with Crippen LogP contribution in [0.25, 0.3) is 0 Å². The van der Waals surface area contributed by atoms with Gasteiger partial charge in [-0.25, -0.2) is 4.98 Å². The van der Waals surface area contributed by atoms with E-state index in [0.29, 0.717) is 13.0 Å².